The van der Waals surface area contributed by atoms with E-state index in [0.29, 0.717) is 5.92 Å². The summed E-state index contributed by atoms with van der Waals surface area (Å²) in [6.07, 6.45) is 0. The number of hydrogen-bond donors (Lipinski definition) is 0. The van der Waals surface area contributed by atoms with Crippen LogP contribution in [0.25, 0.3) is 11.3 Å². The van der Waals surface area contributed by atoms with E-state index in [1.807, 2.05) is 0 Å². The maximum absolute atomic E-state index is 5.51. The molecule has 1 fully saturated rings. The zero-order valence-electron chi connectivity index (χ0n) is 18.2. The molecule has 4 nitrogen and oxygen atoms in total. The molecule has 0 unspecified atom stereocenters. The van der Waals surface area contributed by atoms with Crippen molar-refractivity contribution in [1.29, 1.82) is 0 Å². The predicted octanol–water partition coefficient (Wildman–Crippen LogP) is 5.21. The summed E-state index contributed by atoms with van der Waals surface area (Å²) >= 11 is 1.72. The number of aromatic nitrogens is 1. The Morgan fingerprint density at radius 3 is 2.43 bits per heavy atom. The highest BCUT2D eigenvalue weighted by atomic mass is 32.1. The van der Waals surface area contributed by atoms with E-state index in [4.69, 9.17) is 9.73 Å². The van der Waals surface area contributed by atoms with Gasteiger partial charge in [0.15, 0.2) is 4.80 Å². The lowest BCUT2D eigenvalue weighted by Crippen LogP contribution is -2.39. The number of aryl methyl sites for hydroxylation is 1. The van der Waals surface area contributed by atoms with E-state index in [1.54, 1.807) is 11.3 Å². The van der Waals surface area contributed by atoms with Crippen LogP contribution >= 0.6 is 11.3 Å². The summed E-state index contributed by atoms with van der Waals surface area (Å²) in [4.78, 5) is 8.57. The fourth-order valence-electron chi connectivity index (χ4n) is 3.76. The van der Waals surface area contributed by atoms with Crippen LogP contribution in [0.4, 0.5) is 5.69 Å². The van der Waals surface area contributed by atoms with Crippen molar-refractivity contribution in [3.63, 3.8) is 0 Å². The van der Waals surface area contributed by atoms with E-state index in [9.17, 15) is 0 Å². The summed E-state index contributed by atoms with van der Waals surface area (Å²) < 4.78 is 7.90. The van der Waals surface area contributed by atoms with Crippen molar-refractivity contribution in [2.24, 2.45) is 4.99 Å². The smallest absolute Gasteiger partial charge is 0.190 e. The first-order chi connectivity index (χ1) is 14.6. The van der Waals surface area contributed by atoms with Gasteiger partial charge in [0.1, 0.15) is 0 Å². The van der Waals surface area contributed by atoms with Crippen LogP contribution in [0.5, 0.6) is 0 Å². The summed E-state index contributed by atoms with van der Waals surface area (Å²) in [6, 6.07) is 17.3. The minimum Gasteiger partial charge on any atom is -0.379 e. The monoisotopic (exact) mass is 421 g/mol. The Hall–Kier alpha value is -2.21. The number of thiazole rings is 1. The van der Waals surface area contributed by atoms with Gasteiger partial charge < -0.3 is 9.30 Å². The van der Waals surface area contributed by atoms with Gasteiger partial charge in [-0.15, -0.1) is 11.3 Å². The van der Waals surface area contributed by atoms with Crippen molar-refractivity contribution in [2.45, 2.75) is 33.2 Å². The van der Waals surface area contributed by atoms with Gasteiger partial charge in [-0.2, -0.15) is 0 Å². The summed E-state index contributed by atoms with van der Waals surface area (Å²) in [6.45, 7) is 12.2. The quantitative estimate of drug-likeness (QED) is 0.547. The first kappa shape index (κ1) is 21.0. The second kappa shape index (κ2) is 9.73. The molecule has 0 N–H and O–H groups in total. The topological polar surface area (TPSA) is 29.8 Å². The maximum Gasteiger partial charge on any atom is 0.190 e. The van der Waals surface area contributed by atoms with Gasteiger partial charge in [0.05, 0.1) is 24.6 Å². The molecule has 158 valence electrons. The molecule has 1 saturated heterocycles. The first-order valence-corrected chi connectivity index (χ1v) is 11.7. The van der Waals surface area contributed by atoms with Crippen molar-refractivity contribution in [3.8, 4) is 11.3 Å². The van der Waals surface area contributed by atoms with Crippen LogP contribution in [-0.2, 0) is 11.3 Å². The highest BCUT2D eigenvalue weighted by Gasteiger charge is 2.13. The largest absolute Gasteiger partial charge is 0.379 e. The molecule has 2 aromatic carbocycles. The number of para-hydroxylation sites is 1. The van der Waals surface area contributed by atoms with Crippen LogP contribution in [0.2, 0.25) is 0 Å². The molecule has 0 radical (unpaired) electrons. The number of rotatable bonds is 6. The third kappa shape index (κ3) is 4.91. The molecule has 0 atom stereocenters. The zero-order valence-corrected chi connectivity index (χ0v) is 19.0. The Morgan fingerprint density at radius 1 is 1.00 bits per heavy atom. The third-order valence-corrected chi connectivity index (χ3v) is 6.61. The summed E-state index contributed by atoms with van der Waals surface area (Å²) in [7, 11) is 0. The van der Waals surface area contributed by atoms with Crippen molar-refractivity contribution in [1.82, 2.24) is 9.47 Å². The standard InChI is InChI=1S/C25H31N3OS/c1-19(2)21-8-10-22(11-9-21)24-18-30-25(26-23-7-5-4-6-20(23)3)28(24)13-12-27-14-16-29-17-15-27/h4-11,18-19H,12-17H2,1-3H3. The normalized spacial score (nSPS) is 15.8. The van der Waals surface area contributed by atoms with E-state index in [1.165, 1.54) is 22.4 Å². The second-order valence-corrected chi connectivity index (χ2v) is 9.02. The number of morpholine rings is 1. The Balaban J connectivity index is 1.70. The van der Waals surface area contributed by atoms with Crippen LogP contribution in [-0.4, -0.2) is 42.3 Å². The van der Waals surface area contributed by atoms with Crippen LogP contribution in [0.1, 0.15) is 30.9 Å². The fourth-order valence-corrected chi connectivity index (χ4v) is 4.71. The van der Waals surface area contributed by atoms with E-state index < -0.39 is 0 Å². The molecule has 3 aromatic rings. The lowest BCUT2D eigenvalue weighted by Gasteiger charge is -2.26. The molecule has 0 aliphatic carbocycles. The highest BCUT2D eigenvalue weighted by molar-refractivity contribution is 7.07. The minimum atomic E-state index is 0.543. The Bertz CT molecular complexity index is 1030. The average Bonchev–Trinajstić information content (AvgIpc) is 3.17. The molecule has 2 heterocycles. The molecule has 1 aliphatic heterocycles. The molecular weight excluding hydrogens is 390 g/mol. The SMILES string of the molecule is Cc1ccccc1N=c1scc(-c2ccc(C(C)C)cc2)n1CCN1CCOCC1. The van der Waals surface area contributed by atoms with Gasteiger partial charge in [0, 0.05) is 31.6 Å². The summed E-state index contributed by atoms with van der Waals surface area (Å²) in [5.74, 6) is 0.543. The molecule has 30 heavy (non-hydrogen) atoms. The Morgan fingerprint density at radius 2 is 1.73 bits per heavy atom. The lowest BCUT2D eigenvalue weighted by atomic mass is 10.0. The summed E-state index contributed by atoms with van der Waals surface area (Å²) in [5.41, 5.74) is 6.12. The molecule has 0 bridgehead atoms. The van der Waals surface area contributed by atoms with Gasteiger partial charge in [-0.1, -0.05) is 56.3 Å². The van der Waals surface area contributed by atoms with Gasteiger partial charge in [0.2, 0.25) is 0 Å². The number of hydrogen-bond acceptors (Lipinski definition) is 4. The molecule has 0 spiro atoms. The van der Waals surface area contributed by atoms with Crippen LogP contribution in [0, 0.1) is 6.92 Å². The molecule has 0 saturated carbocycles. The van der Waals surface area contributed by atoms with Crippen LogP contribution < -0.4 is 4.80 Å². The number of benzene rings is 2. The minimum absolute atomic E-state index is 0.543. The zero-order chi connectivity index (χ0) is 20.9. The average molecular weight is 422 g/mol. The van der Waals surface area contributed by atoms with Gasteiger partial charge >= 0.3 is 0 Å². The van der Waals surface area contributed by atoms with Gasteiger partial charge in [-0.25, -0.2) is 4.99 Å². The van der Waals surface area contributed by atoms with Crippen LogP contribution in [0.3, 0.4) is 0 Å². The van der Waals surface area contributed by atoms with Gasteiger partial charge in [0.25, 0.3) is 0 Å². The van der Waals surface area contributed by atoms with Crippen molar-refractivity contribution in [2.75, 3.05) is 32.8 Å². The van der Waals surface area contributed by atoms with Gasteiger partial charge in [-0.3, -0.25) is 4.90 Å². The lowest BCUT2D eigenvalue weighted by molar-refractivity contribution is 0.0363. The van der Waals surface area contributed by atoms with E-state index in [2.05, 4.69) is 84.1 Å². The first-order valence-electron chi connectivity index (χ1n) is 10.8. The molecule has 0 amide bonds. The maximum atomic E-state index is 5.51. The number of nitrogens with zero attached hydrogens (tertiary/aromatic N) is 3. The molecular formula is C25H31N3OS. The van der Waals surface area contributed by atoms with Crippen molar-refractivity contribution in [3.05, 3.63) is 69.8 Å². The van der Waals surface area contributed by atoms with Gasteiger partial charge in [-0.05, 0) is 35.6 Å². The van der Waals surface area contributed by atoms with Crippen molar-refractivity contribution >= 4 is 17.0 Å². The van der Waals surface area contributed by atoms with E-state index >= 15 is 0 Å². The molecule has 4 rings (SSSR count). The molecule has 1 aromatic heterocycles. The van der Waals surface area contributed by atoms with E-state index in [-0.39, 0.29) is 0 Å². The molecule has 5 heteroatoms. The van der Waals surface area contributed by atoms with Crippen molar-refractivity contribution < 1.29 is 4.74 Å². The Labute approximate surface area is 183 Å². The summed E-state index contributed by atoms with van der Waals surface area (Å²) in [5, 5.41) is 2.25. The highest BCUT2D eigenvalue weighted by Crippen LogP contribution is 2.24. The predicted molar refractivity (Wildman–Crippen MR) is 125 cm³/mol. The Kier molecular flexibility index (Phi) is 6.82. The van der Waals surface area contributed by atoms with E-state index in [0.717, 1.165) is 49.9 Å². The van der Waals surface area contributed by atoms with Crippen LogP contribution in [0.15, 0.2) is 58.9 Å². The number of ether oxygens (including phenoxy) is 1. The third-order valence-electron chi connectivity index (χ3n) is 5.75. The second-order valence-electron chi connectivity index (χ2n) is 8.18. The fraction of sp³-hybridized carbons (Fsp3) is 0.400. The molecule has 1 aliphatic rings.